The summed E-state index contributed by atoms with van der Waals surface area (Å²) in [4.78, 5) is 240. The van der Waals surface area contributed by atoms with Crippen molar-refractivity contribution in [2.24, 2.45) is 11.5 Å². The number of thiol groups is 3. The van der Waals surface area contributed by atoms with E-state index in [1.165, 1.54) is 36.1 Å². The topological polar surface area (TPSA) is 660 Å². The monoisotopic (exact) mass is 1550 g/mol. The molecule has 105 heavy (non-hydrogen) atoms. The molecule has 41 nitrogen and oxygen atoms in total. The first-order valence-corrected chi connectivity index (χ1v) is 34.7. The summed E-state index contributed by atoms with van der Waals surface area (Å²) in [6.07, 6.45) is -6.89. The van der Waals surface area contributed by atoms with Gasteiger partial charge >= 0.3 is 29.8 Å². The highest BCUT2D eigenvalue weighted by atomic mass is 32.1. The van der Waals surface area contributed by atoms with Crippen molar-refractivity contribution in [2.75, 3.05) is 43.4 Å². The number of carbonyl (C=O) groups excluding carboxylic acids is 13. The number of unbranched alkanes of at least 4 members (excludes halogenated alkanes) is 1. The first kappa shape index (κ1) is 89.6. The summed E-state index contributed by atoms with van der Waals surface area (Å²) in [5.41, 5.74) is 11.8. The predicted molar refractivity (Wildman–Crippen MR) is 371 cm³/mol. The Labute approximate surface area is 615 Å². The van der Waals surface area contributed by atoms with Gasteiger partial charge in [-0.05, 0) is 89.5 Å². The number of rotatable bonds is 45. The molecule has 13 amide bonds. The summed E-state index contributed by atoms with van der Waals surface area (Å²) in [6.45, 7) is 1.73. The number of carbonyl (C=O) groups is 18. The molecule has 0 spiro atoms. The van der Waals surface area contributed by atoms with E-state index < -0.39 is 260 Å². The van der Waals surface area contributed by atoms with Crippen molar-refractivity contribution < 1.29 is 127 Å². The third-order valence-corrected chi connectivity index (χ3v) is 17.4. The Bertz CT molecular complexity index is 3320. The molecule has 3 rings (SSSR count). The average Bonchev–Trinajstić information content (AvgIpc) is 1.63. The Balaban J connectivity index is 1.84. The average molecular weight is 1550 g/mol. The SMILES string of the molecule is C[C@@H](O)[C@H](N)C(=O)N1CCC[C@H]1C(=O)N[C@@H](CCCCN)C(=O)N1CCC[C@H]1C(=O)N[C@H](C(=O)N[C@@H](CC(=O)O)C(=O)N[C@@H](CS)C(=O)N[C@@H](Cc1ccc(O)cc1)C(=O)N[C@@H](CS)C(=O)N[C@@H](CC(=O)O)C(=O)N[C@@H](CS)C(=O)N[C@@H](CCC(=O)O)C(=O)N[C@@H](CC(=O)O)C(=O)NCC(=O)O)[C@@H](C)O. The van der Waals surface area contributed by atoms with Crippen LogP contribution in [0.2, 0.25) is 0 Å². The number of nitrogens with zero attached hydrogens (tertiary/aromatic N) is 2. The normalized spacial score (nSPS) is 17.7. The maximum absolute atomic E-state index is 14.3. The number of aliphatic hydroxyl groups excluding tert-OH is 2. The van der Waals surface area contributed by atoms with Crippen LogP contribution >= 0.6 is 37.9 Å². The maximum Gasteiger partial charge on any atom is 0.322 e. The van der Waals surface area contributed by atoms with Crippen LogP contribution < -0.4 is 70.0 Å². The number of hydrogen-bond acceptors (Lipinski definition) is 26. The van der Waals surface area contributed by atoms with Crippen LogP contribution in [0, 0.1) is 0 Å². The van der Waals surface area contributed by atoms with Gasteiger partial charge in [0, 0.05) is 43.2 Å². The fraction of sp³-hybridized carbons (Fsp3) is 0.607. The zero-order valence-corrected chi connectivity index (χ0v) is 59.6. The highest BCUT2D eigenvalue weighted by Gasteiger charge is 2.44. The minimum absolute atomic E-state index is 0.0156. The third kappa shape index (κ3) is 29.4. The molecule has 0 saturated carbocycles. The second kappa shape index (κ2) is 44.2. The summed E-state index contributed by atoms with van der Waals surface area (Å²) in [5.74, 6) is -25.2. The number of carboxylic acids is 5. The number of amides is 13. The van der Waals surface area contributed by atoms with Gasteiger partial charge in [0.15, 0.2) is 0 Å². The lowest BCUT2D eigenvalue weighted by Gasteiger charge is -2.32. The minimum Gasteiger partial charge on any atom is -0.508 e. The van der Waals surface area contributed by atoms with Gasteiger partial charge in [0.05, 0.1) is 31.5 Å². The van der Waals surface area contributed by atoms with Gasteiger partial charge in [0.1, 0.15) is 90.8 Å². The van der Waals surface area contributed by atoms with Crippen molar-refractivity contribution in [1.29, 1.82) is 0 Å². The number of carboxylic acid groups (broad SMARTS) is 5. The highest BCUT2D eigenvalue weighted by molar-refractivity contribution is 7.80. The lowest BCUT2D eigenvalue weighted by atomic mass is 10.0. The van der Waals surface area contributed by atoms with Gasteiger partial charge in [0.25, 0.3) is 0 Å². The number of nitrogens with one attached hydrogen (secondary N) is 11. The fourth-order valence-corrected chi connectivity index (χ4v) is 11.4. The van der Waals surface area contributed by atoms with E-state index >= 15 is 0 Å². The number of aliphatic carboxylic acids is 5. The van der Waals surface area contributed by atoms with Crippen molar-refractivity contribution in [3.8, 4) is 5.75 Å². The number of likely N-dealkylation sites (tertiary alicyclic amines) is 2. The summed E-state index contributed by atoms with van der Waals surface area (Å²) < 4.78 is 0. The minimum atomic E-state index is -2.12. The van der Waals surface area contributed by atoms with Gasteiger partial charge in [0.2, 0.25) is 76.8 Å². The van der Waals surface area contributed by atoms with Crippen molar-refractivity contribution in [1.82, 2.24) is 68.3 Å². The van der Waals surface area contributed by atoms with E-state index in [-0.39, 0.29) is 56.6 Å². The second-order valence-corrected chi connectivity index (χ2v) is 25.6. The molecular formula is C61H91N15O26S3. The van der Waals surface area contributed by atoms with E-state index in [1.807, 2.05) is 10.6 Å². The molecule has 2 heterocycles. The van der Waals surface area contributed by atoms with Crippen LogP contribution in [0.5, 0.6) is 5.75 Å². The zero-order valence-electron chi connectivity index (χ0n) is 56.9. The molecule has 0 unspecified atom stereocenters. The number of hydrogen-bond donors (Lipinski definition) is 24. The summed E-state index contributed by atoms with van der Waals surface area (Å²) in [5, 5.41) is 102. The standard InChI is InChI=1S/C61H91N15O26S3/c1-27(77)47(63)61(102)76-18-6-8-40(76)57(98)66-32(7-3-4-16-62)60(101)75-17-5-9-41(75)58(99)74-48(28(2)78)59(100)70-36(22-45(86)87)53(94)73-38(25-104)55(96)67-33(19-29-10-12-30(79)13-11-29)51(92)71-39(26-105)56(97)69-35(21-44(84)85)52(93)72-37(24-103)54(95)65-31(14-15-42(80)81)50(91)68-34(20-43(82)83)49(90)64-23-46(88)89/h10-13,27-28,31-41,47-48,77-79,103-105H,3-9,14-26,62-63H2,1-2H3,(H,64,90)(H,65,95)(H,66,98)(H,67,96)(H,68,91)(H,69,97)(H,70,100)(H,71,92)(H,72,93)(H,73,94)(H,74,99)(H,80,81)(H,82,83)(H,84,85)(H,86,87)(H,88,89)/t27-,28-,31+,32+,33+,34+,35+,36+,37+,38+,39+,40+,41+,47+,48+/m1/s1. The fourth-order valence-electron chi connectivity index (χ4n) is 10.7. The van der Waals surface area contributed by atoms with Crippen LogP contribution in [0.1, 0.15) is 96.5 Å². The van der Waals surface area contributed by atoms with E-state index in [9.17, 15) is 122 Å². The van der Waals surface area contributed by atoms with E-state index in [2.05, 4.69) is 85.7 Å². The first-order valence-electron chi connectivity index (χ1n) is 32.8. The van der Waals surface area contributed by atoms with E-state index in [0.29, 0.717) is 19.3 Å². The van der Waals surface area contributed by atoms with Gasteiger partial charge in [-0.1, -0.05) is 12.1 Å². The smallest absolute Gasteiger partial charge is 0.322 e. The molecule has 1 aromatic carbocycles. The summed E-state index contributed by atoms with van der Waals surface area (Å²) in [7, 11) is 0. The van der Waals surface area contributed by atoms with Gasteiger partial charge in [-0.3, -0.25) is 86.3 Å². The van der Waals surface area contributed by atoms with Gasteiger partial charge in [-0.15, -0.1) is 0 Å². The van der Waals surface area contributed by atoms with Crippen LogP contribution in [-0.2, 0) is 92.7 Å². The molecule has 0 aliphatic carbocycles. The van der Waals surface area contributed by atoms with Crippen LogP contribution in [-0.4, -0.2) is 291 Å². The number of phenolic OH excluding ortho intramolecular Hbond substituents is 1. The molecule has 584 valence electrons. The largest absolute Gasteiger partial charge is 0.508 e. The van der Waals surface area contributed by atoms with Crippen LogP contribution in [0.4, 0.5) is 0 Å². The van der Waals surface area contributed by atoms with Crippen LogP contribution in [0.15, 0.2) is 24.3 Å². The maximum atomic E-state index is 14.3. The Hall–Kier alpha value is -9.63. The number of phenols is 1. The third-order valence-electron chi connectivity index (χ3n) is 16.3. The van der Waals surface area contributed by atoms with E-state index in [0.717, 1.165) is 11.8 Å². The van der Waals surface area contributed by atoms with Crippen LogP contribution in [0.25, 0.3) is 0 Å². The molecule has 2 aliphatic rings. The Kier molecular flexibility index (Phi) is 37.7. The molecule has 0 bridgehead atoms. The van der Waals surface area contributed by atoms with E-state index in [4.69, 9.17) is 16.6 Å². The molecule has 1 aromatic rings. The van der Waals surface area contributed by atoms with Crippen molar-refractivity contribution >= 4 is 145 Å². The molecule has 44 heteroatoms. The molecule has 15 atom stereocenters. The number of aromatic hydroxyl groups is 1. The highest BCUT2D eigenvalue weighted by Crippen LogP contribution is 2.23. The first-order chi connectivity index (χ1) is 49.4. The van der Waals surface area contributed by atoms with E-state index in [1.54, 1.807) is 0 Å². The summed E-state index contributed by atoms with van der Waals surface area (Å²) in [6, 6.07) is -17.2. The number of aliphatic hydroxyl groups is 2. The molecule has 2 fully saturated rings. The molecule has 2 saturated heterocycles. The van der Waals surface area contributed by atoms with Crippen molar-refractivity contribution in [3.63, 3.8) is 0 Å². The quantitative estimate of drug-likeness (QED) is 0.0213. The molecular weight excluding hydrogens is 1450 g/mol. The van der Waals surface area contributed by atoms with Gasteiger partial charge in [-0.25, -0.2) is 0 Å². The predicted octanol–water partition coefficient (Wildman–Crippen LogP) is -8.74. The Morgan fingerprint density at radius 1 is 0.457 bits per heavy atom. The van der Waals surface area contributed by atoms with Gasteiger partial charge in [-0.2, -0.15) is 37.9 Å². The van der Waals surface area contributed by atoms with Crippen LogP contribution in [0.3, 0.4) is 0 Å². The van der Waals surface area contributed by atoms with Crippen molar-refractivity contribution in [2.45, 2.75) is 188 Å². The number of nitrogens with two attached hydrogens (primary N) is 2. The number of benzene rings is 1. The molecule has 23 N–H and O–H groups in total. The lowest BCUT2D eigenvalue weighted by Crippen LogP contribution is -2.62. The van der Waals surface area contributed by atoms with Gasteiger partial charge < -0.3 is 121 Å². The summed E-state index contributed by atoms with van der Waals surface area (Å²) >= 11 is 12.3. The molecule has 2 aliphatic heterocycles. The lowest BCUT2D eigenvalue weighted by molar-refractivity contribution is -0.145. The molecule has 0 aromatic heterocycles. The second-order valence-electron chi connectivity index (χ2n) is 24.5. The Morgan fingerprint density at radius 3 is 1.27 bits per heavy atom. The van der Waals surface area contributed by atoms with Crippen molar-refractivity contribution in [3.05, 3.63) is 29.8 Å². The molecule has 0 radical (unpaired) electrons. The Morgan fingerprint density at radius 2 is 0.848 bits per heavy atom. The zero-order chi connectivity index (χ0) is 79.1.